The zero-order valence-electron chi connectivity index (χ0n) is 17.5. The third-order valence-corrected chi connectivity index (χ3v) is 5.94. The maximum absolute atomic E-state index is 5.78. The molecule has 156 valence electrons. The van der Waals surface area contributed by atoms with E-state index < -0.39 is 0 Å². The number of aromatic nitrogens is 2. The zero-order chi connectivity index (χ0) is 20.5. The van der Waals surface area contributed by atoms with Crippen LogP contribution in [0.2, 0.25) is 0 Å². The number of benzene rings is 2. The SMILES string of the molecule is COc1cccc(C2CCCN2Cc2cn(C)nc2-c2ccc3c(c2)OCCO3)c1. The first-order valence-corrected chi connectivity index (χ1v) is 10.5. The van der Waals surface area contributed by atoms with Gasteiger partial charge in [-0.05, 0) is 55.3 Å². The van der Waals surface area contributed by atoms with Gasteiger partial charge >= 0.3 is 0 Å². The van der Waals surface area contributed by atoms with Gasteiger partial charge in [0.1, 0.15) is 19.0 Å². The van der Waals surface area contributed by atoms with Crippen molar-refractivity contribution in [1.82, 2.24) is 14.7 Å². The van der Waals surface area contributed by atoms with E-state index in [2.05, 4.69) is 35.4 Å². The Morgan fingerprint density at radius 1 is 1.10 bits per heavy atom. The fourth-order valence-electron chi connectivity index (χ4n) is 4.55. The molecule has 1 aromatic heterocycles. The van der Waals surface area contributed by atoms with Crippen molar-refractivity contribution in [2.75, 3.05) is 26.9 Å². The topological polar surface area (TPSA) is 48.8 Å². The summed E-state index contributed by atoms with van der Waals surface area (Å²) in [4.78, 5) is 2.55. The van der Waals surface area contributed by atoms with Crippen LogP contribution in [0.5, 0.6) is 17.2 Å². The summed E-state index contributed by atoms with van der Waals surface area (Å²) in [6.45, 7) is 3.13. The number of rotatable bonds is 5. The molecule has 6 heteroatoms. The molecular weight excluding hydrogens is 378 g/mol. The molecule has 1 fully saturated rings. The van der Waals surface area contributed by atoms with Crippen LogP contribution < -0.4 is 14.2 Å². The van der Waals surface area contributed by atoms with Crippen molar-refractivity contribution in [3.8, 4) is 28.5 Å². The van der Waals surface area contributed by atoms with Crippen molar-refractivity contribution in [1.29, 1.82) is 0 Å². The van der Waals surface area contributed by atoms with Crippen LogP contribution in [0, 0.1) is 0 Å². The molecule has 0 N–H and O–H groups in total. The highest BCUT2D eigenvalue weighted by Gasteiger charge is 2.28. The van der Waals surface area contributed by atoms with Crippen molar-refractivity contribution in [3.63, 3.8) is 0 Å². The third-order valence-electron chi connectivity index (χ3n) is 5.94. The molecule has 0 bridgehead atoms. The molecule has 1 saturated heterocycles. The number of likely N-dealkylation sites (tertiary alicyclic amines) is 1. The van der Waals surface area contributed by atoms with E-state index >= 15 is 0 Å². The van der Waals surface area contributed by atoms with Crippen molar-refractivity contribution in [2.45, 2.75) is 25.4 Å². The Kier molecular flexibility index (Phi) is 5.09. The molecule has 2 aliphatic rings. The number of hydrogen-bond donors (Lipinski definition) is 0. The van der Waals surface area contributed by atoms with Gasteiger partial charge in [-0.25, -0.2) is 0 Å². The highest BCUT2D eigenvalue weighted by Crippen LogP contribution is 2.38. The molecule has 0 spiro atoms. The lowest BCUT2D eigenvalue weighted by atomic mass is 10.0. The quantitative estimate of drug-likeness (QED) is 0.637. The third kappa shape index (κ3) is 3.63. The minimum atomic E-state index is 0.397. The van der Waals surface area contributed by atoms with Gasteiger partial charge in [0.2, 0.25) is 0 Å². The monoisotopic (exact) mass is 405 g/mol. The Hall–Kier alpha value is -2.99. The Bertz CT molecular complexity index is 1050. The number of fused-ring (bicyclic) bond motifs is 1. The molecule has 2 aliphatic heterocycles. The average molecular weight is 405 g/mol. The Labute approximate surface area is 177 Å². The van der Waals surface area contributed by atoms with Crippen LogP contribution in [0.15, 0.2) is 48.7 Å². The predicted molar refractivity (Wildman–Crippen MR) is 115 cm³/mol. The molecule has 0 radical (unpaired) electrons. The Morgan fingerprint density at radius 2 is 1.97 bits per heavy atom. The zero-order valence-corrected chi connectivity index (χ0v) is 17.5. The lowest BCUT2D eigenvalue weighted by Gasteiger charge is -2.25. The summed E-state index contributed by atoms with van der Waals surface area (Å²) >= 11 is 0. The standard InChI is InChI=1S/C24H27N3O3/c1-26-15-19(24(25-26)18-8-9-22-23(14-18)30-12-11-29-22)16-27-10-4-7-21(27)17-5-3-6-20(13-17)28-2/h3,5-6,8-9,13-15,21H,4,7,10-12,16H2,1-2H3. The second kappa shape index (κ2) is 8.03. The second-order valence-corrected chi connectivity index (χ2v) is 7.94. The number of hydrogen-bond acceptors (Lipinski definition) is 5. The van der Waals surface area contributed by atoms with E-state index in [0.29, 0.717) is 19.3 Å². The van der Waals surface area contributed by atoms with Crippen LogP contribution in [-0.4, -0.2) is 41.5 Å². The summed E-state index contributed by atoms with van der Waals surface area (Å²) < 4.78 is 18.8. The van der Waals surface area contributed by atoms with Gasteiger partial charge in [-0.2, -0.15) is 5.10 Å². The van der Waals surface area contributed by atoms with Crippen molar-refractivity contribution in [2.24, 2.45) is 7.05 Å². The van der Waals surface area contributed by atoms with E-state index in [4.69, 9.17) is 19.3 Å². The summed E-state index contributed by atoms with van der Waals surface area (Å²) in [5.41, 5.74) is 4.61. The van der Waals surface area contributed by atoms with E-state index in [1.165, 1.54) is 17.5 Å². The molecule has 2 aromatic carbocycles. The summed E-state index contributed by atoms with van der Waals surface area (Å²) in [5.74, 6) is 2.52. The minimum absolute atomic E-state index is 0.397. The van der Waals surface area contributed by atoms with E-state index in [9.17, 15) is 0 Å². The second-order valence-electron chi connectivity index (χ2n) is 7.94. The van der Waals surface area contributed by atoms with Crippen LogP contribution in [0.1, 0.15) is 30.0 Å². The van der Waals surface area contributed by atoms with Crippen LogP contribution in [0.4, 0.5) is 0 Å². The fraction of sp³-hybridized carbons (Fsp3) is 0.375. The first-order chi connectivity index (χ1) is 14.7. The lowest BCUT2D eigenvalue weighted by Crippen LogP contribution is -2.23. The summed E-state index contributed by atoms with van der Waals surface area (Å²) in [6, 6.07) is 14.9. The van der Waals surface area contributed by atoms with Gasteiger partial charge in [0.25, 0.3) is 0 Å². The average Bonchev–Trinajstić information content (AvgIpc) is 3.40. The fourth-order valence-corrected chi connectivity index (χ4v) is 4.55. The smallest absolute Gasteiger partial charge is 0.162 e. The van der Waals surface area contributed by atoms with Crippen molar-refractivity contribution in [3.05, 3.63) is 59.8 Å². The predicted octanol–water partition coefficient (Wildman–Crippen LogP) is 4.20. The summed E-state index contributed by atoms with van der Waals surface area (Å²) in [6.07, 6.45) is 4.49. The molecule has 1 atom stereocenters. The van der Waals surface area contributed by atoms with Crippen molar-refractivity contribution >= 4 is 0 Å². The Morgan fingerprint density at radius 3 is 2.83 bits per heavy atom. The number of aryl methyl sites for hydroxylation is 1. The van der Waals surface area contributed by atoms with E-state index in [0.717, 1.165) is 48.0 Å². The molecule has 3 aromatic rings. The molecule has 5 rings (SSSR count). The van der Waals surface area contributed by atoms with Crippen LogP contribution in [-0.2, 0) is 13.6 Å². The largest absolute Gasteiger partial charge is 0.497 e. The Balaban J connectivity index is 1.43. The van der Waals surface area contributed by atoms with Gasteiger partial charge in [0, 0.05) is 37.0 Å². The van der Waals surface area contributed by atoms with Gasteiger partial charge in [-0.15, -0.1) is 0 Å². The molecule has 0 aliphatic carbocycles. The van der Waals surface area contributed by atoms with Gasteiger partial charge < -0.3 is 14.2 Å². The number of ether oxygens (including phenoxy) is 3. The van der Waals surface area contributed by atoms with Crippen LogP contribution in [0.25, 0.3) is 11.3 Å². The molecule has 3 heterocycles. The van der Waals surface area contributed by atoms with E-state index in [1.807, 2.05) is 29.9 Å². The first-order valence-electron chi connectivity index (χ1n) is 10.5. The van der Waals surface area contributed by atoms with Crippen molar-refractivity contribution < 1.29 is 14.2 Å². The molecule has 30 heavy (non-hydrogen) atoms. The highest BCUT2D eigenvalue weighted by atomic mass is 16.6. The van der Waals surface area contributed by atoms with Gasteiger partial charge in [-0.3, -0.25) is 9.58 Å². The van der Waals surface area contributed by atoms with Crippen LogP contribution >= 0.6 is 0 Å². The van der Waals surface area contributed by atoms with Gasteiger partial charge in [-0.1, -0.05) is 12.1 Å². The first kappa shape index (κ1) is 19.0. The molecule has 6 nitrogen and oxygen atoms in total. The highest BCUT2D eigenvalue weighted by molar-refractivity contribution is 5.67. The number of nitrogens with zero attached hydrogens (tertiary/aromatic N) is 3. The maximum atomic E-state index is 5.78. The lowest BCUT2D eigenvalue weighted by molar-refractivity contribution is 0.171. The normalized spacial score (nSPS) is 18.5. The van der Waals surface area contributed by atoms with Gasteiger partial charge in [0.15, 0.2) is 11.5 Å². The van der Waals surface area contributed by atoms with Crippen LogP contribution in [0.3, 0.4) is 0 Å². The van der Waals surface area contributed by atoms with E-state index in [-0.39, 0.29) is 0 Å². The van der Waals surface area contributed by atoms with Gasteiger partial charge in [0.05, 0.1) is 12.8 Å². The van der Waals surface area contributed by atoms with E-state index in [1.54, 1.807) is 7.11 Å². The number of methoxy groups -OCH3 is 1. The molecule has 0 saturated carbocycles. The molecular formula is C24H27N3O3. The summed E-state index contributed by atoms with van der Waals surface area (Å²) in [5, 5.41) is 4.77. The minimum Gasteiger partial charge on any atom is -0.497 e. The maximum Gasteiger partial charge on any atom is 0.162 e. The summed E-state index contributed by atoms with van der Waals surface area (Å²) in [7, 11) is 3.70. The molecule has 0 amide bonds. The molecule has 1 unspecified atom stereocenters.